The maximum Gasteiger partial charge on any atom is 0.276 e. The summed E-state index contributed by atoms with van der Waals surface area (Å²) in [6.07, 6.45) is 0.738. The average molecular weight is 277 g/mol. The second-order valence-corrected chi connectivity index (χ2v) is 5.01. The van der Waals surface area contributed by atoms with E-state index in [1.807, 2.05) is 6.92 Å². The monoisotopic (exact) mass is 277 g/mol. The molecule has 0 bridgehead atoms. The second kappa shape index (κ2) is 5.19. The van der Waals surface area contributed by atoms with Crippen molar-refractivity contribution in [1.82, 2.24) is 0 Å². The number of carbonyl (C=O) groups excluding carboxylic acids is 1. The zero-order valence-electron chi connectivity index (χ0n) is 10.4. The van der Waals surface area contributed by atoms with Crippen LogP contribution in [0.3, 0.4) is 0 Å². The van der Waals surface area contributed by atoms with E-state index in [4.69, 9.17) is 4.74 Å². The third-order valence-corrected chi connectivity index (χ3v) is 3.47. The minimum absolute atomic E-state index is 0.0199. The van der Waals surface area contributed by atoms with Gasteiger partial charge in [0.25, 0.3) is 5.69 Å². The van der Waals surface area contributed by atoms with Crippen molar-refractivity contribution in [3.63, 3.8) is 0 Å². The van der Waals surface area contributed by atoms with Crippen molar-refractivity contribution in [2.24, 2.45) is 0 Å². The third kappa shape index (κ3) is 2.79. The molecule has 0 amide bonds. The van der Waals surface area contributed by atoms with Gasteiger partial charge in [0, 0.05) is 17.0 Å². The fraction of sp³-hybridized carbons (Fsp3) is 0.154. The molecular formula is C13H11NO4S. The highest BCUT2D eigenvalue weighted by molar-refractivity contribution is 7.11. The maximum atomic E-state index is 10.9. The number of nitro groups is 1. The Hall–Kier alpha value is -2.21. The smallest absolute Gasteiger partial charge is 0.276 e. The molecule has 0 radical (unpaired) electrons. The summed E-state index contributed by atoms with van der Waals surface area (Å²) in [5.41, 5.74) is 1.42. The van der Waals surface area contributed by atoms with Crippen molar-refractivity contribution in [2.45, 2.75) is 13.8 Å². The lowest BCUT2D eigenvalue weighted by molar-refractivity contribution is -0.385. The van der Waals surface area contributed by atoms with Crippen molar-refractivity contribution >= 4 is 23.3 Å². The number of rotatable bonds is 4. The Balaban J connectivity index is 2.36. The van der Waals surface area contributed by atoms with Gasteiger partial charge in [-0.3, -0.25) is 14.9 Å². The Morgan fingerprint density at radius 1 is 1.26 bits per heavy atom. The minimum Gasteiger partial charge on any atom is -0.456 e. The van der Waals surface area contributed by atoms with Crippen LogP contribution in [0.4, 0.5) is 5.69 Å². The Morgan fingerprint density at radius 2 is 2.00 bits per heavy atom. The SMILES string of the molecule is Cc1cc(C)c([N+](=O)[O-])cc1Oc1csc(C=O)c1. The van der Waals surface area contributed by atoms with Gasteiger partial charge >= 0.3 is 0 Å². The molecule has 19 heavy (non-hydrogen) atoms. The third-order valence-electron chi connectivity index (χ3n) is 2.63. The summed E-state index contributed by atoms with van der Waals surface area (Å²) in [7, 11) is 0. The number of aryl methyl sites for hydroxylation is 2. The number of benzene rings is 1. The molecule has 0 unspecified atom stereocenters. The van der Waals surface area contributed by atoms with Crippen LogP contribution in [0.15, 0.2) is 23.6 Å². The predicted molar refractivity (Wildman–Crippen MR) is 72.4 cm³/mol. The fourth-order valence-corrected chi connectivity index (χ4v) is 2.31. The van der Waals surface area contributed by atoms with Gasteiger partial charge in [0.05, 0.1) is 15.9 Å². The Bertz CT molecular complexity index is 648. The maximum absolute atomic E-state index is 10.9. The summed E-state index contributed by atoms with van der Waals surface area (Å²) in [5.74, 6) is 0.931. The van der Waals surface area contributed by atoms with Gasteiger partial charge in [-0.15, -0.1) is 11.3 Å². The summed E-state index contributed by atoms with van der Waals surface area (Å²) in [4.78, 5) is 21.6. The number of hydrogen-bond donors (Lipinski definition) is 0. The molecule has 0 N–H and O–H groups in total. The fourth-order valence-electron chi connectivity index (χ4n) is 1.70. The first-order valence-electron chi connectivity index (χ1n) is 5.48. The van der Waals surface area contributed by atoms with Crippen LogP contribution in [0.5, 0.6) is 11.5 Å². The van der Waals surface area contributed by atoms with Crippen molar-refractivity contribution in [3.8, 4) is 11.5 Å². The molecule has 0 atom stereocenters. The topological polar surface area (TPSA) is 69.4 Å². The minimum atomic E-state index is -0.438. The van der Waals surface area contributed by atoms with Crippen LogP contribution in [0.1, 0.15) is 20.8 Å². The second-order valence-electron chi connectivity index (χ2n) is 4.07. The van der Waals surface area contributed by atoms with E-state index in [1.165, 1.54) is 17.4 Å². The zero-order valence-corrected chi connectivity index (χ0v) is 11.2. The van der Waals surface area contributed by atoms with E-state index in [9.17, 15) is 14.9 Å². The molecule has 0 saturated heterocycles. The van der Waals surface area contributed by atoms with Crippen LogP contribution in [-0.2, 0) is 0 Å². The molecule has 0 fully saturated rings. The molecule has 2 aromatic rings. The molecule has 1 aromatic carbocycles. The molecule has 0 aliphatic rings. The molecular weight excluding hydrogens is 266 g/mol. The van der Waals surface area contributed by atoms with Crippen molar-refractivity contribution in [2.75, 3.05) is 0 Å². The van der Waals surface area contributed by atoms with E-state index in [2.05, 4.69) is 0 Å². The van der Waals surface area contributed by atoms with Gasteiger partial charge in [-0.25, -0.2) is 0 Å². The number of aldehydes is 1. The van der Waals surface area contributed by atoms with E-state index >= 15 is 0 Å². The van der Waals surface area contributed by atoms with Gasteiger partial charge in [0.2, 0.25) is 0 Å². The summed E-state index contributed by atoms with van der Waals surface area (Å²) in [6.45, 7) is 3.50. The van der Waals surface area contributed by atoms with E-state index in [0.29, 0.717) is 21.9 Å². The van der Waals surface area contributed by atoms with Crippen LogP contribution >= 0.6 is 11.3 Å². The van der Waals surface area contributed by atoms with E-state index in [-0.39, 0.29) is 5.69 Å². The summed E-state index contributed by atoms with van der Waals surface area (Å²) >= 11 is 1.26. The summed E-state index contributed by atoms with van der Waals surface area (Å²) < 4.78 is 5.58. The number of nitrogens with zero attached hydrogens (tertiary/aromatic N) is 1. The van der Waals surface area contributed by atoms with Gasteiger partial charge in [0.15, 0.2) is 6.29 Å². The molecule has 2 rings (SSSR count). The molecule has 0 aliphatic heterocycles. The molecule has 1 aromatic heterocycles. The lowest BCUT2D eigenvalue weighted by atomic mass is 10.1. The Kier molecular flexibility index (Phi) is 3.62. The lowest BCUT2D eigenvalue weighted by Gasteiger charge is -2.08. The van der Waals surface area contributed by atoms with Gasteiger partial charge in [-0.05, 0) is 25.5 Å². The van der Waals surface area contributed by atoms with Crippen LogP contribution in [0.2, 0.25) is 0 Å². The normalized spacial score (nSPS) is 10.2. The molecule has 6 heteroatoms. The largest absolute Gasteiger partial charge is 0.456 e. The van der Waals surface area contributed by atoms with Crippen LogP contribution in [-0.4, -0.2) is 11.2 Å². The molecule has 0 spiro atoms. The van der Waals surface area contributed by atoms with Gasteiger partial charge in [-0.2, -0.15) is 0 Å². The van der Waals surface area contributed by atoms with E-state index < -0.39 is 4.92 Å². The summed E-state index contributed by atoms with van der Waals surface area (Å²) in [5, 5.41) is 12.6. The summed E-state index contributed by atoms with van der Waals surface area (Å²) in [6, 6.07) is 4.71. The van der Waals surface area contributed by atoms with Crippen molar-refractivity contribution in [3.05, 3.63) is 49.7 Å². The highest BCUT2D eigenvalue weighted by atomic mass is 32.1. The van der Waals surface area contributed by atoms with Gasteiger partial charge < -0.3 is 4.74 Å². The number of nitro benzene ring substituents is 1. The number of ether oxygens (including phenoxy) is 1. The highest BCUT2D eigenvalue weighted by Gasteiger charge is 2.15. The van der Waals surface area contributed by atoms with Crippen LogP contribution < -0.4 is 4.74 Å². The highest BCUT2D eigenvalue weighted by Crippen LogP contribution is 2.33. The van der Waals surface area contributed by atoms with E-state index in [0.717, 1.165) is 11.8 Å². The van der Waals surface area contributed by atoms with Crippen molar-refractivity contribution in [1.29, 1.82) is 0 Å². The molecule has 0 saturated carbocycles. The molecule has 5 nitrogen and oxygen atoms in total. The quantitative estimate of drug-likeness (QED) is 0.483. The standard InChI is InChI=1S/C13H11NO4S/c1-8-3-9(2)13(5-12(8)14(16)17)18-10-4-11(6-15)19-7-10/h3-7H,1-2H3. The van der Waals surface area contributed by atoms with Crippen LogP contribution in [0.25, 0.3) is 0 Å². The van der Waals surface area contributed by atoms with E-state index in [1.54, 1.807) is 24.4 Å². The zero-order chi connectivity index (χ0) is 14.0. The number of carbonyl (C=O) groups is 1. The molecule has 0 aliphatic carbocycles. The molecule has 1 heterocycles. The van der Waals surface area contributed by atoms with Gasteiger partial charge in [0.1, 0.15) is 11.5 Å². The Morgan fingerprint density at radius 3 is 2.58 bits per heavy atom. The average Bonchev–Trinajstić information content (AvgIpc) is 2.80. The lowest BCUT2D eigenvalue weighted by Crippen LogP contribution is -1.95. The number of thiophene rings is 1. The Labute approximate surface area is 113 Å². The first kappa shape index (κ1) is 13.2. The van der Waals surface area contributed by atoms with Crippen LogP contribution in [0, 0.1) is 24.0 Å². The first-order chi connectivity index (χ1) is 9.01. The predicted octanol–water partition coefficient (Wildman–Crippen LogP) is 3.88. The van der Waals surface area contributed by atoms with Gasteiger partial charge in [-0.1, -0.05) is 0 Å². The van der Waals surface area contributed by atoms with Crippen molar-refractivity contribution < 1.29 is 14.5 Å². The first-order valence-corrected chi connectivity index (χ1v) is 6.36. The number of hydrogen-bond acceptors (Lipinski definition) is 5. The molecule has 98 valence electrons.